The van der Waals surface area contributed by atoms with Crippen LogP contribution in [0.2, 0.25) is 0 Å². The third-order valence-electron chi connectivity index (χ3n) is 6.12. The fourth-order valence-corrected chi connectivity index (χ4v) is 4.32. The zero-order valence-corrected chi connectivity index (χ0v) is 19.2. The van der Waals surface area contributed by atoms with Gasteiger partial charge in [-0.25, -0.2) is 14.4 Å². The third-order valence-corrected chi connectivity index (χ3v) is 6.12. The van der Waals surface area contributed by atoms with Gasteiger partial charge in [0.25, 0.3) is 0 Å². The van der Waals surface area contributed by atoms with Crippen LogP contribution in [-0.2, 0) is 6.54 Å². The summed E-state index contributed by atoms with van der Waals surface area (Å²) in [5.41, 5.74) is 5.44. The lowest BCUT2D eigenvalue weighted by Gasteiger charge is -2.27. The fraction of sp³-hybridized carbons (Fsp3) is 0.269. The molecule has 3 aromatic heterocycles. The lowest BCUT2D eigenvalue weighted by atomic mass is 10.0. The summed E-state index contributed by atoms with van der Waals surface area (Å²) in [7, 11) is 0. The maximum Gasteiger partial charge on any atom is 0.145 e. The number of H-pyrrole nitrogens is 1. The van der Waals surface area contributed by atoms with Crippen LogP contribution >= 0.6 is 0 Å². The standard InChI is InChI=1S/C26H27FN6O2/c27-19-3-1-2-17(10-19)12-30-25-14-28-13-24(31-25)21-4-7-29-26-22(21)11-23(32-26)18-5-8-33(9-6-18)15-20(35)16-34/h1-5,7,10-11,13-14,20,34-35H,6,8-9,12,15-16H2,(H,29,32)(H,30,31). The zero-order valence-electron chi connectivity index (χ0n) is 19.2. The number of hydrogen-bond acceptors (Lipinski definition) is 7. The maximum absolute atomic E-state index is 13.5. The molecule has 4 N–H and O–H groups in total. The first-order chi connectivity index (χ1) is 17.1. The first kappa shape index (κ1) is 23.1. The molecular formula is C26H27FN6O2. The minimum Gasteiger partial charge on any atom is -0.394 e. The van der Waals surface area contributed by atoms with Crippen LogP contribution in [-0.4, -0.2) is 67.4 Å². The van der Waals surface area contributed by atoms with Crippen molar-refractivity contribution < 1.29 is 14.6 Å². The average molecular weight is 475 g/mol. The Bertz CT molecular complexity index is 1350. The van der Waals surface area contributed by atoms with Gasteiger partial charge < -0.3 is 20.5 Å². The lowest BCUT2D eigenvalue weighted by Crippen LogP contribution is -2.37. The van der Waals surface area contributed by atoms with Gasteiger partial charge in [-0.15, -0.1) is 0 Å². The largest absolute Gasteiger partial charge is 0.394 e. The smallest absolute Gasteiger partial charge is 0.145 e. The Morgan fingerprint density at radius 2 is 2.11 bits per heavy atom. The molecule has 0 fully saturated rings. The molecule has 0 saturated carbocycles. The molecule has 4 heterocycles. The molecule has 1 aromatic carbocycles. The summed E-state index contributed by atoms with van der Waals surface area (Å²) in [6.07, 6.45) is 7.38. The van der Waals surface area contributed by atoms with Gasteiger partial charge in [-0.3, -0.25) is 9.88 Å². The number of nitrogens with zero attached hydrogens (tertiary/aromatic N) is 4. The molecule has 9 heteroatoms. The fourth-order valence-electron chi connectivity index (χ4n) is 4.32. The van der Waals surface area contributed by atoms with Crippen molar-refractivity contribution in [3.8, 4) is 11.3 Å². The Hall–Kier alpha value is -3.66. The van der Waals surface area contributed by atoms with Crippen molar-refractivity contribution in [2.45, 2.75) is 19.1 Å². The van der Waals surface area contributed by atoms with E-state index in [9.17, 15) is 9.50 Å². The first-order valence-electron chi connectivity index (χ1n) is 11.6. The highest BCUT2D eigenvalue weighted by molar-refractivity contribution is 5.94. The second-order valence-corrected chi connectivity index (χ2v) is 8.65. The summed E-state index contributed by atoms with van der Waals surface area (Å²) in [4.78, 5) is 19.1. The number of β-amino-alcohol motifs (C(OH)–C–C–N with tert-alkyl or cyclic N) is 1. The van der Waals surface area contributed by atoms with E-state index in [1.807, 2.05) is 12.1 Å². The van der Waals surface area contributed by atoms with E-state index in [4.69, 9.17) is 10.1 Å². The number of nitrogens with one attached hydrogen (secondary N) is 2. The molecule has 0 spiro atoms. The number of benzene rings is 1. The number of halogens is 1. The topological polar surface area (TPSA) is 110 Å². The van der Waals surface area contributed by atoms with Gasteiger partial charge in [-0.1, -0.05) is 18.2 Å². The van der Waals surface area contributed by atoms with Gasteiger partial charge in [0, 0.05) is 49.0 Å². The molecule has 0 aliphatic carbocycles. The number of pyridine rings is 1. The van der Waals surface area contributed by atoms with Gasteiger partial charge in [0.1, 0.15) is 17.3 Å². The van der Waals surface area contributed by atoms with E-state index in [0.29, 0.717) is 31.1 Å². The van der Waals surface area contributed by atoms with E-state index in [0.717, 1.165) is 40.8 Å². The summed E-state index contributed by atoms with van der Waals surface area (Å²) in [5, 5.41) is 22.9. The van der Waals surface area contributed by atoms with Crippen LogP contribution < -0.4 is 5.32 Å². The average Bonchev–Trinajstić information content (AvgIpc) is 3.33. The molecule has 0 saturated heterocycles. The van der Waals surface area contributed by atoms with Gasteiger partial charge in [0.05, 0.1) is 30.8 Å². The number of aliphatic hydroxyl groups excluding tert-OH is 2. The van der Waals surface area contributed by atoms with Gasteiger partial charge in [-0.05, 0) is 41.8 Å². The molecule has 35 heavy (non-hydrogen) atoms. The minimum absolute atomic E-state index is 0.228. The van der Waals surface area contributed by atoms with Gasteiger partial charge in [-0.2, -0.15) is 0 Å². The molecule has 180 valence electrons. The third kappa shape index (κ3) is 5.37. The number of rotatable bonds is 8. The van der Waals surface area contributed by atoms with E-state index in [2.05, 4.69) is 37.3 Å². The van der Waals surface area contributed by atoms with Crippen molar-refractivity contribution in [2.75, 3.05) is 31.6 Å². The summed E-state index contributed by atoms with van der Waals surface area (Å²) in [6, 6.07) is 10.5. The number of fused-ring (bicyclic) bond motifs is 1. The summed E-state index contributed by atoms with van der Waals surface area (Å²) >= 11 is 0. The second-order valence-electron chi connectivity index (χ2n) is 8.65. The Kier molecular flexibility index (Phi) is 6.80. The summed E-state index contributed by atoms with van der Waals surface area (Å²) in [6.45, 7) is 2.20. The number of anilines is 1. The van der Waals surface area contributed by atoms with Crippen molar-refractivity contribution in [3.63, 3.8) is 0 Å². The molecular weight excluding hydrogens is 447 g/mol. The molecule has 0 amide bonds. The quantitative estimate of drug-likeness (QED) is 0.310. The molecule has 5 rings (SSSR count). The van der Waals surface area contributed by atoms with Crippen molar-refractivity contribution in [1.82, 2.24) is 24.8 Å². The Balaban J connectivity index is 1.36. The molecule has 1 atom stereocenters. The zero-order chi connectivity index (χ0) is 24.2. The van der Waals surface area contributed by atoms with Gasteiger partial charge in [0.2, 0.25) is 0 Å². The lowest BCUT2D eigenvalue weighted by molar-refractivity contribution is 0.0623. The highest BCUT2D eigenvalue weighted by Crippen LogP contribution is 2.31. The van der Waals surface area contributed by atoms with Crippen molar-refractivity contribution in [3.05, 3.63) is 78.1 Å². The first-order valence-corrected chi connectivity index (χ1v) is 11.6. The molecule has 0 radical (unpaired) electrons. The summed E-state index contributed by atoms with van der Waals surface area (Å²) in [5.74, 6) is 0.336. The predicted octanol–water partition coefficient (Wildman–Crippen LogP) is 3.21. The van der Waals surface area contributed by atoms with Crippen LogP contribution in [0.25, 0.3) is 27.9 Å². The SMILES string of the molecule is OCC(O)CN1CC=C(c2cc3c(-c4cncc(NCc5cccc(F)c5)n4)ccnc3[nH]2)CC1. The Morgan fingerprint density at radius 3 is 2.91 bits per heavy atom. The number of aromatic nitrogens is 4. The van der Waals surface area contributed by atoms with Gasteiger partial charge in [0.15, 0.2) is 0 Å². The maximum atomic E-state index is 13.5. The van der Waals surface area contributed by atoms with Crippen LogP contribution in [0.5, 0.6) is 0 Å². The Labute approximate surface area is 202 Å². The molecule has 1 aliphatic heterocycles. The van der Waals surface area contributed by atoms with Crippen LogP contribution in [0.3, 0.4) is 0 Å². The van der Waals surface area contributed by atoms with Crippen molar-refractivity contribution in [1.29, 1.82) is 0 Å². The summed E-state index contributed by atoms with van der Waals surface area (Å²) < 4.78 is 13.5. The van der Waals surface area contributed by atoms with E-state index in [-0.39, 0.29) is 12.4 Å². The molecule has 8 nitrogen and oxygen atoms in total. The monoisotopic (exact) mass is 474 g/mol. The Morgan fingerprint density at radius 1 is 1.20 bits per heavy atom. The van der Waals surface area contributed by atoms with Crippen LogP contribution in [0.4, 0.5) is 10.2 Å². The van der Waals surface area contributed by atoms with Crippen LogP contribution in [0, 0.1) is 5.82 Å². The molecule has 1 aliphatic rings. The van der Waals surface area contributed by atoms with E-state index < -0.39 is 6.10 Å². The minimum atomic E-state index is -0.718. The molecule has 1 unspecified atom stereocenters. The number of hydrogen-bond donors (Lipinski definition) is 4. The predicted molar refractivity (Wildman–Crippen MR) is 133 cm³/mol. The van der Waals surface area contributed by atoms with E-state index in [1.54, 1.807) is 24.7 Å². The highest BCUT2D eigenvalue weighted by atomic mass is 19.1. The number of aliphatic hydroxyl groups is 2. The normalized spacial score (nSPS) is 15.2. The van der Waals surface area contributed by atoms with E-state index >= 15 is 0 Å². The van der Waals surface area contributed by atoms with Crippen molar-refractivity contribution in [2.24, 2.45) is 0 Å². The van der Waals surface area contributed by atoms with Gasteiger partial charge >= 0.3 is 0 Å². The molecule has 4 aromatic rings. The van der Waals surface area contributed by atoms with Crippen molar-refractivity contribution >= 4 is 22.4 Å². The molecule has 0 bridgehead atoms. The highest BCUT2D eigenvalue weighted by Gasteiger charge is 2.18. The number of aromatic amines is 1. The van der Waals surface area contributed by atoms with Crippen LogP contribution in [0.1, 0.15) is 17.7 Å². The van der Waals surface area contributed by atoms with Crippen LogP contribution in [0.15, 0.2) is 61.1 Å². The van der Waals surface area contributed by atoms with E-state index in [1.165, 1.54) is 17.7 Å². The second kappa shape index (κ2) is 10.3.